The van der Waals surface area contributed by atoms with Crippen LogP contribution in [0.1, 0.15) is 51.7 Å². The molecule has 3 heterocycles. The summed E-state index contributed by atoms with van der Waals surface area (Å²) in [6.45, 7) is 9.79. The molecule has 0 aliphatic heterocycles. The molecule has 1 aliphatic rings. The molecule has 0 N–H and O–H groups in total. The van der Waals surface area contributed by atoms with Crippen LogP contribution in [0, 0.1) is 0 Å². The van der Waals surface area contributed by atoms with Crippen molar-refractivity contribution in [2.45, 2.75) is 51.4 Å². The highest BCUT2D eigenvalue weighted by atomic mass is 15.0. The monoisotopic (exact) mass is 733 g/mol. The Morgan fingerprint density at radius 1 is 0.333 bits per heavy atom. The Kier molecular flexibility index (Phi) is 6.58. The number of benzene rings is 8. The molecule has 3 heteroatoms. The van der Waals surface area contributed by atoms with E-state index in [0.29, 0.717) is 0 Å². The molecule has 3 nitrogen and oxygen atoms in total. The van der Waals surface area contributed by atoms with Gasteiger partial charge in [0.15, 0.2) is 0 Å². The van der Waals surface area contributed by atoms with Crippen molar-refractivity contribution in [3.63, 3.8) is 0 Å². The summed E-state index contributed by atoms with van der Waals surface area (Å²) in [5.41, 5.74) is 14.0. The first kappa shape index (κ1) is 32.6. The van der Waals surface area contributed by atoms with E-state index in [9.17, 15) is 0 Å². The zero-order valence-electron chi connectivity index (χ0n) is 32.8. The maximum atomic E-state index is 2.60. The quantitative estimate of drug-likeness (QED) is 0.172. The predicted molar refractivity (Wildman–Crippen MR) is 242 cm³/mol. The van der Waals surface area contributed by atoms with Crippen molar-refractivity contribution in [1.82, 2.24) is 13.7 Å². The molecule has 3 aromatic heterocycles. The average Bonchev–Trinajstić information content (AvgIpc) is 3.89. The zero-order valence-corrected chi connectivity index (χ0v) is 32.8. The third-order valence-corrected chi connectivity index (χ3v) is 13.5. The molecule has 1 aliphatic carbocycles. The minimum absolute atomic E-state index is 0.0665. The smallest absolute Gasteiger partial charge is 0.0795 e. The van der Waals surface area contributed by atoms with Crippen molar-refractivity contribution in [3.05, 3.63) is 175 Å². The molecular formula is C54H43N3. The second-order valence-corrected chi connectivity index (χ2v) is 17.6. The lowest BCUT2D eigenvalue weighted by Gasteiger charge is -2.42. The first-order valence-corrected chi connectivity index (χ1v) is 20.4. The van der Waals surface area contributed by atoms with Gasteiger partial charge in [0, 0.05) is 49.4 Å². The van der Waals surface area contributed by atoms with Gasteiger partial charge in [-0.25, -0.2) is 0 Å². The molecule has 0 amide bonds. The molecule has 0 saturated heterocycles. The van der Waals surface area contributed by atoms with Crippen LogP contribution >= 0.6 is 0 Å². The van der Waals surface area contributed by atoms with E-state index in [-0.39, 0.29) is 10.8 Å². The van der Waals surface area contributed by atoms with Crippen LogP contribution in [0.3, 0.4) is 0 Å². The van der Waals surface area contributed by atoms with Crippen LogP contribution in [0.4, 0.5) is 0 Å². The summed E-state index contributed by atoms with van der Waals surface area (Å²) in [5, 5.41) is 10.4. The molecule has 0 fully saturated rings. The van der Waals surface area contributed by atoms with Gasteiger partial charge in [-0.15, -0.1) is 0 Å². The van der Waals surface area contributed by atoms with Crippen LogP contribution in [0.2, 0.25) is 0 Å². The fraction of sp³-hybridized carbons (Fsp3) is 0.148. The van der Waals surface area contributed by atoms with Crippen molar-refractivity contribution in [2.75, 3.05) is 0 Å². The minimum Gasteiger partial charge on any atom is -0.309 e. The first-order valence-electron chi connectivity index (χ1n) is 20.4. The molecule has 0 unspecified atom stereocenters. The highest BCUT2D eigenvalue weighted by molar-refractivity contribution is 6.36. The second-order valence-electron chi connectivity index (χ2n) is 17.6. The lowest BCUT2D eigenvalue weighted by Crippen LogP contribution is -2.33. The Morgan fingerprint density at radius 3 is 1.28 bits per heavy atom. The van der Waals surface area contributed by atoms with Crippen LogP contribution in [-0.2, 0) is 10.8 Å². The average molecular weight is 734 g/mol. The highest BCUT2D eigenvalue weighted by Crippen LogP contribution is 2.51. The van der Waals surface area contributed by atoms with Gasteiger partial charge in [0.25, 0.3) is 0 Å². The van der Waals surface area contributed by atoms with E-state index in [2.05, 4.69) is 205 Å². The predicted octanol–water partition coefficient (Wildman–Crippen LogP) is 14.5. The van der Waals surface area contributed by atoms with Gasteiger partial charge >= 0.3 is 0 Å². The van der Waals surface area contributed by atoms with E-state index in [0.717, 1.165) is 11.4 Å². The van der Waals surface area contributed by atoms with Gasteiger partial charge < -0.3 is 13.7 Å². The lowest BCUT2D eigenvalue weighted by molar-refractivity contribution is 0.332. The van der Waals surface area contributed by atoms with Crippen LogP contribution < -0.4 is 0 Å². The van der Waals surface area contributed by atoms with E-state index in [1.807, 2.05) is 0 Å². The van der Waals surface area contributed by atoms with Gasteiger partial charge in [0.1, 0.15) is 0 Å². The number of para-hydroxylation sites is 4. The third kappa shape index (κ3) is 4.43. The number of hydrogen-bond donors (Lipinski definition) is 0. The summed E-state index contributed by atoms with van der Waals surface area (Å²) in [7, 11) is 0. The summed E-state index contributed by atoms with van der Waals surface area (Å²) in [6, 6.07) is 61.1. The van der Waals surface area contributed by atoms with Gasteiger partial charge in [-0.05, 0) is 112 Å². The number of hydrogen-bond acceptors (Lipinski definition) is 0. The zero-order chi connectivity index (χ0) is 38.2. The molecule has 0 bridgehead atoms. The largest absolute Gasteiger partial charge is 0.309 e. The maximum absolute atomic E-state index is 2.60. The van der Waals surface area contributed by atoms with E-state index < -0.39 is 0 Å². The first-order chi connectivity index (χ1) is 27.8. The summed E-state index contributed by atoms with van der Waals surface area (Å²) < 4.78 is 7.54. The number of nitrogens with zero attached hydrogens (tertiary/aromatic N) is 3. The van der Waals surface area contributed by atoms with Gasteiger partial charge in [0.2, 0.25) is 0 Å². The molecule has 0 spiro atoms. The van der Waals surface area contributed by atoms with Crippen LogP contribution in [0.25, 0.3) is 93.3 Å². The fourth-order valence-corrected chi connectivity index (χ4v) is 10.6. The highest BCUT2D eigenvalue weighted by Gasteiger charge is 2.38. The lowest BCUT2D eigenvalue weighted by atomic mass is 9.63. The van der Waals surface area contributed by atoms with Gasteiger partial charge in [0.05, 0.1) is 33.1 Å². The molecular weight excluding hydrogens is 691 g/mol. The Bertz CT molecular complexity index is 3390. The fourth-order valence-electron chi connectivity index (χ4n) is 10.6. The van der Waals surface area contributed by atoms with E-state index in [4.69, 9.17) is 0 Å². The minimum atomic E-state index is 0.0665. The molecule has 0 saturated carbocycles. The van der Waals surface area contributed by atoms with Gasteiger partial charge in [-0.3, -0.25) is 0 Å². The molecule has 12 rings (SSSR count). The van der Waals surface area contributed by atoms with Crippen molar-refractivity contribution in [3.8, 4) is 17.1 Å². The van der Waals surface area contributed by atoms with E-state index in [1.54, 1.807) is 0 Å². The van der Waals surface area contributed by atoms with Crippen LogP contribution in [0.5, 0.6) is 0 Å². The van der Waals surface area contributed by atoms with Crippen LogP contribution in [-0.4, -0.2) is 13.7 Å². The van der Waals surface area contributed by atoms with Crippen molar-refractivity contribution in [2.24, 2.45) is 0 Å². The topological polar surface area (TPSA) is 14.8 Å². The van der Waals surface area contributed by atoms with Gasteiger partial charge in [-0.2, -0.15) is 0 Å². The second kappa shape index (κ2) is 11.5. The molecule has 0 atom stereocenters. The Labute approximate surface area is 332 Å². The molecule has 11 aromatic rings. The SMILES string of the molecule is CC1(C)CCC(C)(C)c2cc3c(cc21)c1c2ccccc2c2c4ccccc4n(-c4ccccc4)c2c1n3-c1ccc(-n2c3ccccc3c3ccccc32)cc1. The number of rotatable bonds is 3. The summed E-state index contributed by atoms with van der Waals surface area (Å²) in [4.78, 5) is 0. The van der Waals surface area contributed by atoms with Crippen molar-refractivity contribution in [1.29, 1.82) is 0 Å². The summed E-state index contributed by atoms with van der Waals surface area (Å²) in [6.07, 6.45) is 2.34. The maximum Gasteiger partial charge on any atom is 0.0795 e. The molecule has 57 heavy (non-hydrogen) atoms. The van der Waals surface area contributed by atoms with Gasteiger partial charge in [-0.1, -0.05) is 125 Å². The standard InChI is InChI=1S/C54H43N3/c1-53(2)30-31-54(3,4)44-33-48-42(32-43(44)53)50-40-21-9-8-20-39(40)49-41-22-12-15-25-47(41)56(34-16-6-5-7-17-34)51(49)52(50)57(48)36-28-26-35(27-29-36)55-45-23-13-10-18-37(45)38-19-11-14-24-46(38)55/h5-29,32-33H,30-31H2,1-4H3. The number of aromatic nitrogens is 3. The Balaban J connectivity index is 1.27. The normalized spacial score (nSPS) is 15.2. The van der Waals surface area contributed by atoms with E-state index in [1.165, 1.54) is 106 Å². The van der Waals surface area contributed by atoms with Crippen molar-refractivity contribution < 1.29 is 0 Å². The Morgan fingerprint density at radius 2 is 0.719 bits per heavy atom. The number of fused-ring (bicyclic) bond motifs is 14. The molecule has 274 valence electrons. The summed E-state index contributed by atoms with van der Waals surface area (Å²) >= 11 is 0. The van der Waals surface area contributed by atoms with Crippen LogP contribution in [0.15, 0.2) is 164 Å². The molecule has 0 radical (unpaired) electrons. The van der Waals surface area contributed by atoms with E-state index >= 15 is 0 Å². The Hall–Kier alpha value is -6.58. The summed E-state index contributed by atoms with van der Waals surface area (Å²) in [5.74, 6) is 0. The molecule has 8 aromatic carbocycles. The van der Waals surface area contributed by atoms with Crippen molar-refractivity contribution >= 4 is 76.2 Å². The third-order valence-electron chi connectivity index (χ3n) is 13.5.